The molecule has 3 saturated carbocycles. The molecular weight excluding hydrogens is 885 g/mol. The lowest BCUT2D eigenvalue weighted by atomic mass is 9.85. The van der Waals surface area contributed by atoms with Crippen LogP contribution in [-0.2, 0) is 38.3 Å². The van der Waals surface area contributed by atoms with Crippen molar-refractivity contribution in [3.63, 3.8) is 0 Å². The first-order chi connectivity index (χ1) is 31.5. The number of rotatable bonds is 19. The lowest BCUT2D eigenvalue weighted by Gasteiger charge is -2.35. The van der Waals surface area contributed by atoms with E-state index < -0.39 is 68.9 Å². The molecule has 67 heavy (non-hydrogen) atoms. The highest BCUT2D eigenvalue weighted by molar-refractivity contribution is 7.85. The average Bonchev–Trinajstić information content (AvgIpc) is 3.92. The van der Waals surface area contributed by atoms with Crippen molar-refractivity contribution in [2.75, 3.05) is 32.2 Å². The van der Waals surface area contributed by atoms with Crippen LogP contribution in [0.25, 0.3) is 16.7 Å². The highest BCUT2D eigenvalue weighted by atomic mass is 32.2. The van der Waals surface area contributed by atoms with Gasteiger partial charge in [0.15, 0.2) is 5.82 Å². The van der Waals surface area contributed by atoms with E-state index in [4.69, 9.17) is 28.1 Å². The molecule has 0 bridgehead atoms. The molecule has 3 aliphatic carbocycles. The molecule has 1 saturated heterocycles. The first-order valence-electron chi connectivity index (χ1n) is 23.4. The summed E-state index contributed by atoms with van der Waals surface area (Å²) in [6, 6.07) is 6.74. The number of likely N-dealkylation sites (tertiary alicyclic amines) is 1. The van der Waals surface area contributed by atoms with E-state index in [0.717, 1.165) is 0 Å². The van der Waals surface area contributed by atoms with Crippen molar-refractivity contribution in [2.45, 2.75) is 149 Å². The number of alkyl carbamates (subject to hydrolysis) is 1. The topological polar surface area (TPSA) is 231 Å². The van der Waals surface area contributed by atoms with Crippen molar-refractivity contribution in [1.82, 2.24) is 35.0 Å². The van der Waals surface area contributed by atoms with E-state index in [0.29, 0.717) is 91.2 Å². The number of hydrogen-bond acceptors (Lipinski definition) is 14. The fraction of sp³-hybridized carbons (Fsp3) is 0.660. The monoisotopic (exact) mass is 952 g/mol. The van der Waals surface area contributed by atoms with Crippen LogP contribution in [-0.4, -0.2) is 120 Å². The van der Waals surface area contributed by atoms with E-state index in [1.807, 2.05) is 58.4 Å². The van der Waals surface area contributed by atoms with Gasteiger partial charge in [0.05, 0.1) is 24.3 Å². The number of benzene rings is 1. The Hall–Kier alpha value is -5.21. The standard InChI is InChI=1S/C47H68N8O11S/c1-11-30-25-47(30,43(58)53-67(60,61)66-46(9)15-16-46)51-41(56)36-23-33(26-54(36)42(57)40(45(6,7)8)50-44(59)65-32-20-28(4)29(5)21-32)64-37-24-39(55-17-14-38(52-55)48-27(2)3)49-35-22-31(12-13-34(35)37)63-19-18-62-10/h12-14,17,22,24,27-30,32-33,36,40H,11,15-16,18-21,23,25-26H2,1-10H3,(H,48,52)(H,50,59)(H,51,56)(H,53,58)/t28-,29+,30-,32?,33-,36+,40-,47-/m1/s1. The van der Waals surface area contributed by atoms with Crippen LogP contribution in [0, 0.1) is 23.2 Å². The Labute approximate surface area is 393 Å². The minimum atomic E-state index is -4.50. The van der Waals surface area contributed by atoms with Crippen LogP contribution in [0.15, 0.2) is 36.5 Å². The predicted molar refractivity (Wildman–Crippen MR) is 249 cm³/mol. The van der Waals surface area contributed by atoms with Crippen LogP contribution in [0.3, 0.4) is 0 Å². The summed E-state index contributed by atoms with van der Waals surface area (Å²) >= 11 is 0. The van der Waals surface area contributed by atoms with Gasteiger partial charge in [0.1, 0.15) is 53.8 Å². The minimum Gasteiger partial charge on any atom is -0.491 e. The third kappa shape index (κ3) is 11.7. The van der Waals surface area contributed by atoms with E-state index >= 15 is 4.79 Å². The summed E-state index contributed by atoms with van der Waals surface area (Å²) in [5.41, 5.74) is -2.79. The van der Waals surface area contributed by atoms with Gasteiger partial charge in [-0.2, -0.15) is 8.42 Å². The third-order valence-electron chi connectivity index (χ3n) is 13.4. The smallest absolute Gasteiger partial charge is 0.408 e. The number of carbonyl (C=O) groups excluding carboxylic acids is 4. The molecule has 0 spiro atoms. The first-order valence-corrected chi connectivity index (χ1v) is 24.9. The van der Waals surface area contributed by atoms with Crippen LogP contribution in [0.2, 0.25) is 0 Å². The highest BCUT2D eigenvalue weighted by Gasteiger charge is 2.62. The molecule has 0 radical (unpaired) electrons. The maximum atomic E-state index is 15.0. The predicted octanol–water partition coefficient (Wildman–Crippen LogP) is 5.40. The van der Waals surface area contributed by atoms with E-state index in [1.54, 1.807) is 43.1 Å². The first kappa shape index (κ1) is 49.7. The fourth-order valence-electron chi connectivity index (χ4n) is 9.06. The van der Waals surface area contributed by atoms with Crippen LogP contribution < -0.4 is 30.1 Å². The fourth-order valence-corrected chi connectivity index (χ4v) is 10.2. The number of nitrogens with zero attached hydrogens (tertiary/aromatic N) is 4. The Balaban J connectivity index is 1.20. The molecule has 20 heteroatoms. The highest BCUT2D eigenvalue weighted by Crippen LogP contribution is 2.47. The maximum absolute atomic E-state index is 15.0. The Kier molecular flexibility index (Phi) is 14.4. The second-order valence-electron chi connectivity index (χ2n) is 20.5. The van der Waals surface area contributed by atoms with Crippen molar-refractivity contribution >= 4 is 50.8 Å². The van der Waals surface area contributed by atoms with Crippen molar-refractivity contribution in [2.24, 2.45) is 23.2 Å². The Bertz CT molecular complexity index is 2430. The molecule has 1 aliphatic heterocycles. The molecule has 3 aromatic rings. The molecular formula is C47H68N8O11S. The quantitative estimate of drug-likeness (QED) is 0.110. The van der Waals surface area contributed by atoms with Gasteiger partial charge < -0.3 is 39.8 Å². The number of ether oxygens (including phenoxy) is 4. The van der Waals surface area contributed by atoms with Crippen molar-refractivity contribution < 1.29 is 50.7 Å². The number of nitrogens with one attached hydrogen (secondary N) is 4. The Morgan fingerprint density at radius 1 is 0.985 bits per heavy atom. The van der Waals surface area contributed by atoms with E-state index in [1.165, 1.54) is 4.90 Å². The second kappa shape index (κ2) is 19.4. The van der Waals surface area contributed by atoms with Crippen molar-refractivity contribution in [3.05, 3.63) is 36.5 Å². The molecule has 19 nitrogen and oxygen atoms in total. The van der Waals surface area contributed by atoms with Gasteiger partial charge in [0.2, 0.25) is 11.8 Å². The van der Waals surface area contributed by atoms with Gasteiger partial charge in [0.25, 0.3) is 5.91 Å². The number of aromatic nitrogens is 3. The minimum absolute atomic E-state index is 0.0213. The van der Waals surface area contributed by atoms with Gasteiger partial charge in [-0.05, 0) is 88.2 Å². The van der Waals surface area contributed by atoms with Gasteiger partial charge in [-0.1, -0.05) is 48.0 Å². The number of amides is 4. The van der Waals surface area contributed by atoms with Gasteiger partial charge in [-0.25, -0.2) is 23.4 Å². The van der Waals surface area contributed by atoms with Gasteiger partial charge in [-0.3, -0.25) is 14.4 Å². The number of pyridine rings is 1. The summed E-state index contributed by atoms with van der Waals surface area (Å²) in [6.07, 6.45) is 3.03. The summed E-state index contributed by atoms with van der Waals surface area (Å²) < 4.78 is 58.6. The van der Waals surface area contributed by atoms with Crippen LogP contribution >= 0.6 is 0 Å². The molecule has 4 aliphatic rings. The van der Waals surface area contributed by atoms with E-state index in [9.17, 15) is 22.8 Å². The van der Waals surface area contributed by atoms with Gasteiger partial charge >= 0.3 is 16.4 Å². The number of carbonyl (C=O) groups is 4. The van der Waals surface area contributed by atoms with Crippen LogP contribution in [0.4, 0.5) is 10.6 Å². The zero-order valence-corrected chi connectivity index (χ0v) is 41.2. The summed E-state index contributed by atoms with van der Waals surface area (Å²) in [5, 5.41) is 14.3. The summed E-state index contributed by atoms with van der Waals surface area (Å²) in [6.45, 7) is 17.8. The Morgan fingerprint density at radius 3 is 2.33 bits per heavy atom. The van der Waals surface area contributed by atoms with E-state index in [2.05, 4.69) is 34.9 Å². The SMILES string of the molecule is CC[C@@H]1C[C@]1(NC(=O)[C@@H]1C[C@@H](Oc2cc(-n3ccc(NC(C)C)n3)nc3cc(OCCOC)ccc23)CN1C(=O)[C@@H](NC(=O)OC1C[C@@H](C)[C@@H](C)C1)C(C)(C)C)C(=O)NS(=O)(=O)OC1(C)CC1. The number of methoxy groups -OCH3 is 1. The largest absolute Gasteiger partial charge is 0.491 e. The van der Waals surface area contributed by atoms with Gasteiger partial charge in [0, 0.05) is 49.4 Å². The average molecular weight is 953 g/mol. The van der Waals surface area contributed by atoms with Crippen LogP contribution in [0.1, 0.15) is 107 Å². The lowest BCUT2D eigenvalue weighted by Crippen LogP contribution is -2.60. The molecule has 4 amide bonds. The maximum Gasteiger partial charge on any atom is 0.408 e. The molecule has 4 fully saturated rings. The summed E-state index contributed by atoms with van der Waals surface area (Å²) in [4.78, 5) is 63.5. The molecule has 8 atom stereocenters. The third-order valence-corrected chi connectivity index (χ3v) is 14.5. The van der Waals surface area contributed by atoms with Gasteiger partial charge in [-0.15, -0.1) is 5.10 Å². The zero-order chi connectivity index (χ0) is 48.6. The van der Waals surface area contributed by atoms with E-state index in [-0.39, 0.29) is 37.5 Å². The lowest BCUT2D eigenvalue weighted by molar-refractivity contribution is -0.143. The van der Waals surface area contributed by atoms with Crippen molar-refractivity contribution in [1.29, 1.82) is 0 Å². The van der Waals surface area contributed by atoms with Crippen molar-refractivity contribution in [3.8, 4) is 17.3 Å². The molecule has 1 unspecified atom stereocenters. The normalized spacial score (nSPS) is 25.9. The molecule has 7 rings (SSSR count). The molecule has 368 valence electrons. The molecule has 1 aromatic carbocycles. The zero-order valence-electron chi connectivity index (χ0n) is 40.3. The van der Waals surface area contributed by atoms with Crippen LogP contribution in [0.5, 0.6) is 11.5 Å². The number of hydrogen-bond donors (Lipinski definition) is 4. The Morgan fingerprint density at radius 2 is 1.70 bits per heavy atom. The number of fused-ring (bicyclic) bond motifs is 1. The molecule has 3 heterocycles. The molecule has 2 aromatic heterocycles. The summed E-state index contributed by atoms with van der Waals surface area (Å²) in [7, 11) is -2.91. The molecule has 4 N–H and O–H groups in total. The number of anilines is 1. The summed E-state index contributed by atoms with van der Waals surface area (Å²) in [5.74, 6) is 0.229. The second-order valence-corrected chi connectivity index (χ2v) is 21.8.